The molecule has 0 aromatic carbocycles. The first-order valence-corrected chi connectivity index (χ1v) is 8.55. The number of aromatic nitrogens is 2. The number of H-pyrrole nitrogens is 1. The molecule has 3 heterocycles. The Hall–Kier alpha value is -2.74. The molecule has 0 fully saturated rings. The maximum Gasteiger partial charge on any atom is 0.259 e. The number of hydrogen-bond donors (Lipinski definition) is 2. The van der Waals surface area contributed by atoms with E-state index in [4.69, 9.17) is 4.42 Å². The molecular weight excluding hydrogens is 340 g/mol. The second-order valence-corrected chi connectivity index (χ2v) is 7.00. The number of aromatic amines is 1. The number of nitrogens with zero attached hydrogens (tertiary/aromatic N) is 2. The van der Waals surface area contributed by atoms with Crippen molar-refractivity contribution in [1.82, 2.24) is 15.4 Å². The molecule has 1 amide bonds. The largest absolute Gasteiger partial charge is 0.460 e. The van der Waals surface area contributed by atoms with Gasteiger partial charge in [0.1, 0.15) is 27.9 Å². The van der Waals surface area contributed by atoms with Crippen molar-refractivity contribution in [2.45, 2.75) is 34.1 Å². The molecule has 2 N–H and O–H groups in total. The van der Waals surface area contributed by atoms with Crippen LogP contribution in [0.2, 0.25) is 0 Å². The third kappa shape index (κ3) is 3.53. The summed E-state index contributed by atoms with van der Waals surface area (Å²) in [6.07, 6.45) is -0.0604. The highest BCUT2D eigenvalue weighted by Crippen LogP contribution is 2.25. The summed E-state index contributed by atoms with van der Waals surface area (Å²) < 4.78 is 5.43. The first kappa shape index (κ1) is 17.1. The average molecular weight is 358 g/mol. The van der Waals surface area contributed by atoms with E-state index < -0.39 is 0 Å². The second-order valence-electron chi connectivity index (χ2n) is 5.80. The van der Waals surface area contributed by atoms with E-state index in [0.29, 0.717) is 27.5 Å². The first-order valence-electron chi connectivity index (χ1n) is 7.74. The molecule has 0 saturated carbocycles. The smallest absolute Gasteiger partial charge is 0.259 e. The summed E-state index contributed by atoms with van der Waals surface area (Å²) in [5.74, 6) is 1.32. The molecule has 0 radical (unpaired) electrons. The van der Waals surface area contributed by atoms with Gasteiger partial charge in [-0.25, -0.2) is 10.4 Å². The summed E-state index contributed by atoms with van der Waals surface area (Å²) in [4.78, 5) is 33.0. The fraction of sp³-hybridized carbons (Fsp3) is 0.294. The van der Waals surface area contributed by atoms with Crippen LogP contribution in [0.3, 0.4) is 0 Å². The number of hydrazone groups is 1. The quantitative estimate of drug-likeness (QED) is 0.553. The van der Waals surface area contributed by atoms with Gasteiger partial charge in [-0.1, -0.05) is 0 Å². The Morgan fingerprint density at radius 3 is 2.80 bits per heavy atom. The zero-order valence-corrected chi connectivity index (χ0v) is 15.2. The Bertz CT molecular complexity index is 1040. The van der Waals surface area contributed by atoms with Gasteiger partial charge < -0.3 is 9.40 Å². The minimum atomic E-state index is -0.366. The van der Waals surface area contributed by atoms with Crippen LogP contribution in [0.25, 0.3) is 10.2 Å². The number of fused-ring (bicyclic) bond motifs is 1. The van der Waals surface area contributed by atoms with Crippen molar-refractivity contribution in [3.63, 3.8) is 0 Å². The molecule has 0 aliphatic rings. The SMILES string of the molecule is C/C(=N\NC(=O)Cc1nc2sc(C)c(C)c2c(=O)[nH]1)c1ccc(C)o1. The standard InChI is InChI=1S/C17H18N4O3S/c1-8-5-6-12(24-8)10(3)20-21-14(22)7-13-18-16(23)15-9(2)11(4)25-17(15)19-13/h5-6H,7H2,1-4H3,(H,21,22)(H,18,19,23)/b20-10+. The fourth-order valence-corrected chi connectivity index (χ4v) is 3.45. The Labute approximate surface area is 147 Å². The van der Waals surface area contributed by atoms with E-state index in [1.165, 1.54) is 11.3 Å². The van der Waals surface area contributed by atoms with E-state index in [1.54, 1.807) is 13.0 Å². The van der Waals surface area contributed by atoms with Gasteiger partial charge in [0.05, 0.1) is 11.8 Å². The van der Waals surface area contributed by atoms with Gasteiger partial charge in [0.25, 0.3) is 5.56 Å². The van der Waals surface area contributed by atoms with E-state index >= 15 is 0 Å². The molecule has 25 heavy (non-hydrogen) atoms. The van der Waals surface area contributed by atoms with Crippen LogP contribution >= 0.6 is 11.3 Å². The second kappa shape index (κ2) is 6.64. The molecule has 3 rings (SSSR count). The van der Waals surface area contributed by atoms with Crippen molar-refractivity contribution in [2.75, 3.05) is 0 Å². The normalized spacial score (nSPS) is 11.9. The molecule has 0 atom stereocenters. The van der Waals surface area contributed by atoms with Gasteiger partial charge in [-0.2, -0.15) is 5.10 Å². The summed E-state index contributed by atoms with van der Waals surface area (Å²) in [6, 6.07) is 3.61. The Morgan fingerprint density at radius 1 is 1.36 bits per heavy atom. The lowest BCUT2D eigenvalue weighted by molar-refractivity contribution is -0.120. The van der Waals surface area contributed by atoms with Crippen LogP contribution in [-0.2, 0) is 11.2 Å². The summed E-state index contributed by atoms with van der Waals surface area (Å²) in [7, 11) is 0. The molecule has 0 bridgehead atoms. The molecular formula is C17H18N4O3S. The summed E-state index contributed by atoms with van der Waals surface area (Å²) in [6.45, 7) is 7.41. The maximum absolute atomic E-state index is 12.2. The van der Waals surface area contributed by atoms with Crippen LogP contribution in [0.5, 0.6) is 0 Å². The Kier molecular flexibility index (Phi) is 4.54. The topological polar surface area (TPSA) is 100 Å². The van der Waals surface area contributed by atoms with Gasteiger partial charge in [-0.05, 0) is 45.4 Å². The van der Waals surface area contributed by atoms with E-state index in [0.717, 1.165) is 16.2 Å². The van der Waals surface area contributed by atoms with E-state index in [-0.39, 0.29) is 17.9 Å². The van der Waals surface area contributed by atoms with Crippen molar-refractivity contribution in [1.29, 1.82) is 0 Å². The summed E-state index contributed by atoms with van der Waals surface area (Å²) in [5.41, 5.74) is 3.72. The van der Waals surface area contributed by atoms with E-state index in [9.17, 15) is 9.59 Å². The monoisotopic (exact) mass is 358 g/mol. The Morgan fingerprint density at radius 2 is 2.12 bits per heavy atom. The summed E-state index contributed by atoms with van der Waals surface area (Å²) >= 11 is 1.45. The Balaban J connectivity index is 1.75. The van der Waals surface area contributed by atoms with Crippen LogP contribution < -0.4 is 11.0 Å². The number of carbonyl (C=O) groups is 1. The van der Waals surface area contributed by atoms with Gasteiger partial charge in [0, 0.05) is 4.88 Å². The van der Waals surface area contributed by atoms with Crippen molar-refractivity contribution in [3.05, 3.63) is 50.3 Å². The minimum absolute atomic E-state index is 0.0604. The zero-order valence-electron chi connectivity index (χ0n) is 14.4. The lowest BCUT2D eigenvalue weighted by Crippen LogP contribution is -2.24. The molecule has 3 aromatic heterocycles. The van der Waals surface area contributed by atoms with Gasteiger partial charge >= 0.3 is 0 Å². The molecule has 8 heteroatoms. The number of hydrogen-bond acceptors (Lipinski definition) is 6. The lowest BCUT2D eigenvalue weighted by Gasteiger charge is -2.02. The minimum Gasteiger partial charge on any atom is -0.460 e. The van der Waals surface area contributed by atoms with Gasteiger partial charge in [0.15, 0.2) is 0 Å². The lowest BCUT2D eigenvalue weighted by atomic mass is 10.2. The predicted molar refractivity (Wildman–Crippen MR) is 97.2 cm³/mol. The molecule has 0 unspecified atom stereocenters. The van der Waals surface area contributed by atoms with Crippen LogP contribution in [0, 0.1) is 20.8 Å². The van der Waals surface area contributed by atoms with Crippen molar-refractivity contribution < 1.29 is 9.21 Å². The van der Waals surface area contributed by atoms with Crippen molar-refractivity contribution in [3.8, 4) is 0 Å². The molecule has 0 aliphatic heterocycles. The molecule has 7 nitrogen and oxygen atoms in total. The van der Waals surface area contributed by atoms with Crippen LogP contribution in [-0.4, -0.2) is 21.6 Å². The highest BCUT2D eigenvalue weighted by atomic mass is 32.1. The maximum atomic E-state index is 12.2. The van der Waals surface area contributed by atoms with Crippen LogP contribution in [0.1, 0.15) is 34.7 Å². The third-order valence-corrected chi connectivity index (χ3v) is 4.96. The number of amides is 1. The van der Waals surface area contributed by atoms with Crippen molar-refractivity contribution >= 4 is 33.2 Å². The van der Waals surface area contributed by atoms with Crippen LogP contribution in [0.4, 0.5) is 0 Å². The molecule has 0 spiro atoms. The fourth-order valence-electron chi connectivity index (χ4n) is 2.40. The van der Waals surface area contributed by atoms with Gasteiger partial charge in [-0.15, -0.1) is 11.3 Å². The first-order chi connectivity index (χ1) is 11.8. The van der Waals surface area contributed by atoms with Gasteiger partial charge in [-0.3, -0.25) is 9.59 Å². The average Bonchev–Trinajstić information content (AvgIpc) is 3.09. The van der Waals surface area contributed by atoms with Gasteiger partial charge in [0.2, 0.25) is 5.91 Å². The van der Waals surface area contributed by atoms with E-state index in [2.05, 4.69) is 20.5 Å². The molecule has 0 aliphatic carbocycles. The number of carbonyl (C=O) groups excluding carboxylic acids is 1. The summed E-state index contributed by atoms with van der Waals surface area (Å²) in [5, 5.41) is 4.60. The predicted octanol–water partition coefficient (Wildman–Crippen LogP) is 2.59. The third-order valence-electron chi connectivity index (χ3n) is 3.86. The highest BCUT2D eigenvalue weighted by molar-refractivity contribution is 7.18. The molecule has 130 valence electrons. The highest BCUT2D eigenvalue weighted by Gasteiger charge is 2.13. The van der Waals surface area contributed by atoms with E-state index in [1.807, 2.05) is 26.8 Å². The number of nitrogens with one attached hydrogen (secondary N) is 2. The van der Waals surface area contributed by atoms with Crippen LogP contribution in [0.15, 0.2) is 26.4 Å². The molecule has 0 saturated heterocycles. The zero-order chi connectivity index (χ0) is 18.1. The molecule has 3 aromatic rings. The number of thiophene rings is 1. The number of furan rings is 1. The number of aryl methyl sites for hydroxylation is 3. The number of rotatable bonds is 4. The van der Waals surface area contributed by atoms with Crippen molar-refractivity contribution in [2.24, 2.45) is 5.10 Å².